The molecule has 0 bridgehead atoms. The van der Waals surface area contributed by atoms with Crippen LogP contribution < -0.4 is 10.1 Å². The minimum atomic E-state index is 0.451. The van der Waals surface area contributed by atoms with E-state index < -0.39 is 0 Å². The topological polar surface area (TPSA) is 72.8 Å². The number of anilines is 2. The highest BCUT2D eigenvalue weighted by atomic mass is 32.1. The number of rotatable bonds is 4. The maximum atomic E-state index is 5.69. The smallest absolute Gasteiger partial charge is 0.237 e. The van der Waals surface area contributed by atoms with E-state index in [1.807, 2.05) is 35.7 Å². The number of benzene rings is 1. The molecule has 0 unspecified atom stereocenters. The van der Waals surface area contributed by atoms with Crippen LogP contribution in [0.25, 0.3) is 10.2 Å². The molecule has 23 heavy (non-hydrogen) atoms. The Kier molecular flexibility index (Phi) is 3.53. The summed E-state index contributed by atoms with van der Waals surface area (Å²) in [6.07, 6.45) is 6.31. The lowest BCUT2D eigenvalue weighted by Gasteiger charge is -2.08. The highest BCUT2D eigenvalue weighted by molar-refractivity contribution is 7.17. The molecule has 0 aliphatic carbocycles. The quantitative estimate of drug-likeness (QED) is 0.612. The molecule has 0 saturated heterocycles. The van der Waals surface area contributed by atoms with E-state index in [9.17, 15) is 0 Å². The molecule has 0 saturated carbocycles. The number of hydrogen-bond donors (Lipinski definition) is 1. The molecule has 7 heteroatoms. The van der Waals surface area contributed by atoms with Crippen LogP contribution in [-0.4, -0.2) is 19.9 Å². The average Bonchev–Trinajstić information content (AvgIpc) is 3.06. The van der Waals surface area contributed by atoms with E-state index in [2.05, 4.69) is 25.3 Å². The van der Waals surface area contributed by atoms with Gasteiger partial charge in [0, 0.05) is 24.1 Å². The van der Waals surface area contributed by atoms with Crippen molar-refractivity contribution in [1.29, 1.82) is 0 Å². The molecule has 0 radical (unpaired) electrons. The van der Waals surface area contributed by atoms with Crippen molar-refractivity contribution in [3.8, 4) is 11.6 Å². The Balaban J connectivity index is 1.60. The van der Waals surface area contributed by atoms with E-state index in [0.29, 0.717) is 11.6 Å². The maximum Gasteiger partial charge on any atom is 0.237 e. The van der Waals surface area contributed by atoms with Crippen molar-refractivity contribution in [3.05, 3.63) is 60.6 Å². The normalized spacial score (nSPS) is 10.6. The summed E-state index contributed by atoms with van der Waals surface area (Å²) in [5, 5.41) is 5.30. The van der Waals surface area contributed by atoms with E-state index in [1.165, 1.54) is 0 Å². The summed E-state index contributed by atoms with van der Waals surface area (Å²) in [6, 6.07) is 9.57. The fraction of sp³-hybridized carbons (Fsp3) is 0. The molecule has 0 aliphatic heterocycles. The number of nitrogens with zero attached hydrogens (tertiary/aromatic N) is 4. The summed E-state index contributed by atoms with van der Waals surface area (Å²) in [6.45, 7) is 0. The third kappa shape index (κ3) is 2.95. The first-order valence-corrected chi connectivity index (χ1v) is 7.75. The van der Waals surface area contributed by atoms with Gasteiger partial charge < -0.3 is 10.1 Å². The zero-order valence-electron chi connectivity index (χ0n) is 11.9. The molecule has 0 spiro atoms. The Hall–Kier alpha value is -3.06. The van der Waals surface area contributed by atoms with Gasteiger partial charge in [-0.3, -0.25) is 4.98 Å². The second-order valence-electron chi connectivity index (χ2n) is 4.66. The van der Waals surface area contributed by atoms with E-state index >= 15 is 0 Å². The molecule has 3 aromatic heterocycles. The zero-order valence-corrected chi connectivity index (χ0v) is 12.7. The number of thiophene rings is 1. The van der Waals surface area contributed by atoms with E-state index in [-0.39, 0.29) is 0 Å². The van der Waals surface area contributed by atoms with Gasteiger partial charge in [-0.2, -0.15) is 0 Å². The summed E-state index contributed by atoms with van der Waals surface area (Å²) in [7, 11) is 0. The van der Waals surface area contributed by atoms with Crippen LogP contribution in [0, 0.1) is 0 Å². The lowest BCUT2D eigenvalue weighted by atomic mass is 10.3. The molecule has 4 aromatic rings. The fourth-order valence-electron chi connectivity index (χ4n) is 2.11. The summed E-state index contributed by atoms with van der Waals surface area (Å²) in [5.74, 6) is 1.90. The Bertz CT molecular complexity index is 941. The predicted octanol–water partition coefficient (Wildman–Crippen LogP) is 4.02. The van der Waals surface area contributed by atoms with Gasteiger partial charge in [-0.05, 0) is 23.6 Å². The van der Waals surface area contributed by atoms with Crippen LogP contribution in [0.1, 0.15) is 0 Å². The standard InChI is InChI=1S/C16H11N5OS/c1-2-11(8-12(3-1)22-14-9-17-5-6-18-14)21-16-15-13(4-7-23-15)19-10-20-16/h1-10H,(H,19,20,21). The van der Waals surface area contributed by atoms with Crippen molar-refractivity contribution in [1.82, 2.24) is 19.9 Å². The Morgan fingerprint density at radius 2 is 2.04 bits per heavy atom. The largest absolute Gasteiger partial charge is 0.437 e. The maximum absolute atomic E-state index is 5.69. The highest BCUT2D eigenvalue weighted by Crippen LogP contribution is 2.29. The van der Waals surface area contributed by atoms with Gasteiger partial charge in [0.15, 0.2) is 5.82 Å². The first kappa shape index (κ1) is 13.6. The van der Waals surface area contributed by atoms with Gasteiger partial charge in [-0.15, -0.1) is 11.3 Å². The molecule has 0 amide bonds. The number of fused-ring (bicyclic) bond motifs is 1. The summed E-state index contributed by atoms with van der Waals surface area (Å²) in [5.41, 5.74) is 1.80. The molecular weight excluding hydrogens is 310 g/mol. The molecule has 0 atom stereocenters. The van der Waals surface area contributed by atoms with Gasteiger partial charge in [-0.25, -0.2) is 15.0 Å². The van der Waals surface area contributed by atoms with E-state index in [0.717, 1.165) is 21.7 Å². The summed E-state index contributed by atoms with van der Waals surface area (Å²) < 4.78 is 6.71. The molecule has 112 valence electrons. The van der Waals surface area contributed by atoms with Crippen LogP contribution in [0.5, 0.6) is 11.6 Å². The van der Waals surface area contributed by atoms with Crippen LogP contribution in [0.3, 0.4) is 0 Å². The van der Waals surface area contributed by atoms with Crippen molar-refractivity contribution < 1.29 is 4.74 Å². The number of nitrogens with one attached hydrogen (secondary N) is 1. The Labute approximate surface area is 135 Å². The summed E-state index contributed by atoms with van der Waals surface area (Å²) >= 11 is 1.60. The third-order valence-corrected chi connectivity index (χ3v) is 4.01. The fourth-order valence-corrected chi connectivity index (χ4v) is 2.90. The molecule has 4 rings (SSSR count). The third-order valence-electron chi connectivity index (χ3n) is 3.10. The number of aromatic nitrogens is 4. The zero-order chi connectivity index (χ0) is 15.5. The highest BCUT2D eigenvalue weighted by Gasteiger charge is 2.06. The predicted molar refractivity (Wildman–Crippen MR) is 89.2 cm³/mol. The van der Waals surface area contributed by atoms with Gasteiger partial charge in [0.05, 0.1) is 16.4 Å². The van der Waals surface area contributed by atoms with E-state index in [1.54, 1.807) is 36.3 Å². The summed E-state index contributed by atoms with van der Waals surface area (Å²) in [4.78, 5) is 16.6. The van der Waals surface area contributed by atoms with E-state index in [4.69, 9.17) is 4.74 Å². The van der Waals surface area contributed by atoms with Crippen LogP contribution in [-0.2, 0) is 0 Å². The molecule has 0 aliphatic rings. The van der Waals surface area contributed by atoms with Crippen LogP contribution in [0.4, 0.5) is 11.5 Å². The SMILES string of the molecule is c1cc(Nc2ncnc3ccsc23)cc(Oc2cnccn2)c1. The van der Waals surface area contributed by atoms with Gasteiger partial charge in [0.1, 0.15) is 12.1 Å². The minimum absolute atomic E-state index is 0.451. The molecule has 1 aromatic carbocycles. The van der Waals surface area contributed by atoms with Crippen molar-refractivity contribution >= 4 is 33.1 Å². The molecule has 1 N–H and O–H groups in total. The van der Waals surface area contributed by atoms with Crippen LogP contribution in [0.2, 0.25) is 0 Å². The molecule has 0 fully saturated rings. The second kappa shape index (κ2) is 5.98. The molecule has 6 nitrogen and oxygen atoms in total. The lowest BCUT2D eigenvalue weighted by Crippen LogP contribution is -1.95. The van der Waals surface area contributed by atoms with Gasteiger partial charge in [0.25, 0.3) is 0 Å². The van der Waals surface area contributed by atoms with Gasteiger partial charge in [0.2, 0.25) is 5.88 Å². The van der Waals surface area contributed by atoms with Crippen molar-refractivity contribution in [3.63, 3.8) is 0 Å². The number of hydrogen-bond acceptors (Lipinski definition) is 7. The Morgan fingerprint density at radius 1 is 1.04 bits per heavy atom. The minimum Gasteiger partial charge on any atom is -0.437 e. The van der Waals surface area contributed by atoms with Gasteiger partial charge in [-0.1, -0.05) is 6.07 Å². The van der Waals surface area contributed by atoms with Crippen molar-refractivity contribution in [2.75, 3.05) is 5.32 Å². The Morgan fingerprint density at radius 3 is 2.96 bits per heavy atom. The second-order valence-corrected chi connectivity index (χ2v) is 5.57. The van der Waals surface area contributed by atoms with Crippen LogP contribution >= 0.6 is 11.3 Å². The lowest BCUT2D eigenvalue weighted by molar-refractivity contribution is 0.460. The molecular formula is C16H11N5OS. The van der Waals surface area contributed by atoms with Crippen LogP contribution in [0.15, 0.2) is 60.6 Å². The van der Waals surface area contributed by atoms with Crippen molar-refractivity contribution in [2.24, 2.45) is 0 Å². The number of ether oxygens (including phenoxy) is 1. The first-order chi connectivity index (χ1) is 11.4. The van der Waals surface area contributed by atoms with Crippen molar-refractivity contribution in [2.45, 2.75) is 0 Å². The molecule has 3 heterocycles. The van der Waals surface area contributed by atoms with Gasteiger partial charge >= 0.3 is 0 Å². The average molecular weight is 321 g/mol. The first-order valence-electron chi connectivity index (χ1n) is 6.88. The monoisotopic (exact) mass is 321 g/mol.